The molecule has 11 heavy (non-hydrogen) atoms. The third-order valence-electron chi connectivity index (χ3n) is 1.46. The molecule has 0 amide bonds. The van der Waals surface area contributed by atoms with E-state index in [-0.39, 0.29) is 12.4 Å². The van der Waals surface area contributed by atoms with Crippen LogP contribution in [0, 0.1) is 5.39 Å². The van der Waals surface area contributed by atoms with Gasteiger partial charge in [-0.2, -0.15) is 0 Å². The molecule has 1 aromatic rings. The van der Waals surface area contributed by atoms with Crippen molar-refractivity contribution >= 4 is 5.69 Å². The Labute approximate surface area is 72.3 Å². The highest BCUT2D eigenvalue weighted by atomic mass is 35.5. The maximum atomic E-state index is 8.33. The van der Waals surface area contributed by atoms with Gasteiger partial charge in [-0.3, -0.25) is 0 Å². The molecule has 0 saturated carbocycles. The number of halogens is 1. The van der Waals surface area contributed by atoms with Gasteiger partial charge in [-0.25, -0.2) is 0 Å². The van der Waals surface area contributed by atoms with Gasteiger partial charge in [-0.1, -0.05) is 19.1 Å². The van der Waals surface area contributed by atoms with Crippen molar-refractivity contribution in [3.63, 3.8) is 0 Å². The third kappa shape index (κ3) is 2.57. The highest BCUT2D eigenvalue weighted by Gasteiger charge is 2.00. The molecule has 0 saturated heterocycles. The fraction of sp³-hybridized carbons (Fsp3) is 0.250. The molecule has 0 bridgehead atoms. The van der Waals surface area contributed by atoms with Crippen molar-refractivity contribution in [1.82, 2.24) is 0 Å². The summed E-state index contributed by atoms with van der Waals surface area (Å²) >= 11 is 0. The normalized spacial score (nSPS) is 8.00. The van der Waals surface area contributed by atoms with E-state index >= 15 is 0 Å². The maximum Gasteiger partial charge on any atom is 0.385 e. The molecular formula is C8H9ClN2. The van der Waals surface area contributed by atoms with Crippen molar-refractivity contribution in [2.45, 2.75) is 13.3 Å². The lowest BCUT2D eigenvalue weighted by atomic mass is 10.2. The smallest absolute Gasteiger partial charge is 0.385 e. The van der Waals surface area contributed by atoms with Crippen LogP contribution in [-0.2, 0) is 6.42 Å². The van der Waals surface area contributed by atoms with E-state index in [4.69, 9.17) is 5.39 Å². The lowest BCUT2D eigenvalue weighted by Gasteiger charge is -1.88. The van der Waals surface area contributed by atoms with E-state index in [1.54, 1.807) is 12.1 Å². The van der Waals surface area contributed by atoms with Crippen molar-refractivity contribution in [2.75, 3.05) is 0 Å². The predicted octanol–water partition coefficient (Wildman–Crippen LogP) is -0.262. The topological polar surface area (TPSA) is 28.1 Å². The van der Waals surface area contributed by atoms with Crippen molar-refractivity contribution in [2.24, 2.45) is 0 Å². The van der Waals surface area contributed by atoms with Gasteiger partial charge in [-0.05, 0) is 12.0 Å². The quantitative estimate of drug-likeness (QED) is 0.531. The molecular weight excluding hydrogens is 160 g/mol. The lowest BCUT2D eigenvalue weighted by Crippen LogP contribution is -3.00. The number of diazo groups is 1. The Bertz CT molecular complexity index is 248. The molecule has 1 rings (SSSR count). The molecule has 0 heterocycles. The first-order valence-corrected chi connectivity index (χ1v) is 3.31. The minimum absolute atomic E-state index is 0. The van der Waals surface area contributed by atoms with Crippen molar-refractivity contribution < 1.29 is 12.4 Å². The average molecular weight is 169 g/mol. The Morgan fingerprint density at radius 1 is 1.27 bits per heavy atom. The van der Waals surface area contributed by atoms with Crippen molar-refractivity contribution in [3.05, 3.63) is 34.8 Å². The second kappa shape index (κ2) is 4.70. The molecule has 3 heteroatoms. The molecule has 2 nitrogen and oxygen atoms in total. The summed E-state index contributed by atoms with van der Waals surface area (Å²) < 4.78 is 0. The number of rotatable bonds is 1. The van der Waals surface area contributed by atoms with Crippen LogP contribution in [0.25, 0.3) is 4.98 Å². The fourth-order valence-electron chi connectivity index (χ4n) is 0.798. The average Bonchev–Trinajstić information content (AvgIpc) is 2.05. The predicted molar refractivity (Wildman–Crippen MR) is 40.6 cm³/mol. The van der Waals surface area contributed by atoms with Crippen LogP contribution >= 0.6 is 0 Å². The summed E-state index contributed by atoms with van der Waals surface area (Å²) in [7, 11) is 0. The summed E-state index contributed by atoms with van der Waals surface area (Å²) in [4.78, 5) is 3.05. The zero-order chi connectivity index (χ0) is 7.40. The Balaban J connectivity index is 0.000001000. The molecule has 0 atom stereocenters. The zero-order valence-corrected chi connectivity index (χ0v) is 7.04. The molecule has 0 fully saturated rings. The van der Waals surface area contributed by atoms with E-state index in [9.17, 15) is 0 Å². The van der Waals surface area contributed by atoms with Crippen LogP contribution in [0.15, 0.2) is 24.3 Å². The number of hydrogen-bond acceptors (Lipinski definition) is 1. The maximum absolute atomic E-state index is 8.33. The second-order valence-corrected chi connectivity index (χ2v) is 2.12. The highest BCUT2D eigenvalue weighted by molar-refractivity contribution is 5.44. The summed E-state index contributed by atoms with van der Waals surface area (Å²) in [6, 6.07) is 7.49. The first kappa shape index (κ1) is 9.93. The van der Waals surface area contributed by atoms with Gasteiger partial charge in [0.1, 0.15) is 0 Å². The lowest BCUT2D eigenvalue weighted by molar-refractivity contribution is -0.00000233. The van der Waals surface area contributed by atoms with Crippen LogP contribution in [0.1, 0.15) is 12.5 Å². The summed E-state index contributed by atoms with van der Waals surface area (Å²) in [5.74, 6) is 0. The van der Waals surface area contributed by atoms with Gasteiger partial charge < -0.3 is 12.4 Å². The number of benzene rings is 1. The van der Waals surface area contributed by atoms with Gasteiger partial charge >= 0.3 is 5.69 Å². The van der Waals surface area contributed by atoms with Gasteiger partial charge in [0.25, 0.3) is 0 Å². The Morgan fingerprint density at radius 3 is 2.18 bits per heavy atom. The van der Waals surface area contributed by atoms with E-state index in [2.05, 4.69) is 11.9 Å². The molecule has 1 aromatic carbocycles. The SMILES string of the molecule is CCc1ccc([N+]#N)cc1.[Cl-]. The van der Waals surface area contributed by atoms with Crippen LogP contribution in [0.4, 0.5) is 5.69 Å². The van der Waals surface area contributed by atoms with E-state index in [1.807, 2.05) is 12.1 Å². The zero-order valence-electron chi connectivity index (χ0n) is 6.29. The minimum atomic E-state index is 0. The number of hydrogen-bond donors (Lipinski definition) is 0. The van der Waals surface area contributed by atoms with Crippen LogP contribution in [-0.4, -0.2) is 0 Å². The number of nitrogens with zero attached hydrogens (tertiary/aromatic N) is 2. The van der Waals surface area contributed by atoms with E-state index in [0.717, 1.165) is 6.42 Å². The summed E-state index contributed by atoms with van der Waals surface area (Å²) in [5, 5.41) is 8.33. The molecule has 0 aromatic heterocycles. The second-order valence-electron chi connectivity index (χ2n) is 2.12. The number of aryl methyl sites for hydroxylation is 1. The van der Waals surface area contributed by atoms with Crippen LogP contribution in [0.2, 0.25) is 0 Å². The van der Waals surface area contributed by atoms with E-state index in [1.165, 1.54) is 5.56 Å². The Kier molecular flexibility index (Phi) is 4.24. The third-order valence-corrected chi connectivity index (χ3v) is 1.46. The van der Waals surface area contributed by atoms with Crippen LogP contribution in [0.3, 0.4) is 0 Å². The fourth-order valence-corrected chi connectivity index (χ4v) is 0.798. The molecule has 0 unspecified atom stereocenters. The summed E-state index contributed by atoms with van der Waals surface area (Å²) in [6.45, 7) is 2.09. The van der Waals surface area contributed by atoms with Gasteiger partial charge in [0.15, 0.2) is 4.98 Å². The molecule has 58 valence electrons. The van der Waals surface area contributed by atoms with Crippen LogP contribution in [0.5, 0.6) is 0 Å². The van der Waals surface area contributed by atoms with Gasteiger partial charge in [-0.15, -0.1) is 0 Å². The van der Waals surface area contributed by atoms with E-state index < -0.39 is 0 Å². The molecule has 0 spiro atoms. The summed E-state index contributed by atoms with van der Waals surface area (Å²) in [5.41, 5.74) is 1.87. The molecule has 0 aliphatic heterocycles. The van der Waals surface area contributed by atoms with Crippen LogP contribution < -0.4 is 12.4 Å². The standard InChI is InChI=1S/C8H9N2.ClH/c1-2-7-3-5-8(10-9)6-4-7;/h3-6H,2H2,1H3;1H/q+1;/p-1. The van der Waals surface area contributed by atoms with Crippen molar-refractivity contribution in [3.8, 4) is 0 Å². The monoisotopic (exact) mass is 168 g/mol. The highest BCUT2D eigenvalue weighted by Crippen LogP contribution is 2.12. The first-order valence-electron chi connectivity index (χ1n) is 3.31. The molecule has 0 aliphatic carbocycles. The van der Waals surface area contributed by atoms with Crippen molar-refractivity contribution in [1.29, 1.82) is 5.39 Å². The van der Waals surface area contributed by atoms with Gasteiger partial charge in [0.2, 0.25) is 5.39 Å². The Hall–Kier alpha value is -1.07. The van der Waals surface area contributed by atoms with Gasteiger partial charge in [0.05, 0.1) is 0 Å². The largest absolute Gasteiger partial charge is 1.00 e. The summed E-state index contributed by atoms with van der Waals surface area (Å²) in [6.07, 6.45) is 1.02. The Morgan fingerprint density at radius 2 is 1.82 bits per heavy atom. The van der Waals surface area contributed by atoms with E-state index in [0.29, 0.717) is 5.69 Å². The van der Waals surface area contributed by atoms with Gasteiger partial charge in [0, 0.05) is 12.1 Å². The molecule has 0 aliphatic rings. The minimum Gasteiger partial charge on any atom is -1.00 e. The molecule has 0 N–H and O–H groups in total. The first-order chi connectivity index (χ1) is 4.86. The molecule has 0 radical (unpaired) electrons.